The maximum Gasteiger partial charge on any atom is 0.131 e. The second-order valence-corrected chi connectivity index (χ2v) is 7.10. The fourth-order valence-electron chi connectivity index (χ4n) is 4.28. The van der Waals surface area contributed by atoms with Gasteiger partial charge in [0.1, 0.15) is 17.5 Å². The van der Waals surface area contributed by atoms with Crippen molar-refractivity contribution in [1.82, 2.24) is 10.3 Å². The fourth-order valence-corrected chi connectivity index (χ4v) is 4.28. The summed E-state index contributed by atoms with van der Waals surface area (Å²) >= 11 is 0. The van der Waals surface area contributed by atoms with Gasteiger partial charge in [-0.25, -0.2) is 13.8 Å². The van der Waals surface area contributed by atoms with Crippen molar-refractivity contribution in [2.24, 2.45) is 5.92 Å². The van der Waals surface area contributed by atoms with Crippen LogP contribution >= 0.6 is 0 Å². The van der Waals surface area contributed by atoms with Gasteiger partial charge >= 0.3 is 0 Å². The molecule has 3 unspecified atom stereocenters. The molecule has 0 aliphatic carbocycles. The molecule has 3 heterocycles. The molecule has 4 nitrogen and oxygen atoms in total. The highest BCUT2D eigenvalue weighted by atomic mass is 19.1. The Morgan fingerprint density at radius 3 is 2.76 bits per heavy atom. The van der Waals surface area contributed by atoms with E-state index < -0.39 is 11.6 Å². The summed E-state index contributed by atoms with van der Waals surface area (Å²) in [5.41, 5.74) is 7.68. The number of nitrogens with two attached hydrogens (primary N) is 1. The Bertz CT molecular complexity index is 775. The van der Waals surface area contributed by atoms with E-state index in [4.69, 9.17) is 5.73 Å². The minimum Gasteiger partial charge on any atom is -0.397 e. The number of aromatic nitrogens is 1. The van der Waals surface area contributed by atoms with Crippen molar-refractivity contribution in [3.05, 3.63) is 53.2 Å². The van der Waals surface area contributed by atoms with Crippen LogP contribution in [0.4, 0.5) is 20.3 Å². The monoisotopic (exact) mass is 344 g/mol. The lowest BCUT2D eigenvalue weighted by Gasteiger charge is -2.36. The van der Waals surface area contributed by atoms with Gasteiger partial charge in [0, 0.05) is 30.7 Å². The molecule has 0 radical (unpaired) electrons. The number of piperidine rings is 1. The van der Waals surface area contributed by atoms with Crippen molar-refractivity contribution in [2.75, 3.05) is 23.7 Å². The first kappa shape index (κ1) is 16.3. The van der Waals surface area contributed by atoms with Gasteiger partial charge in [-0.1, -0.05) is 6.07 Å². The molecular formula is C19H22F2N4. The predicted molar refractivity (Wildman–Crippen MR) is 94.3 cm³/mol. The van der Waals surface area contributed by atoms with E-state index in [2.05, 4.69) is 15.2 Å². The molecule has 3 atom stereocenters. The van der Waals surface area contributed by atoms with E-state index >= 15 is 0 Å². The maximum atomic E-state index is 14.1. The molecule has 0 saturated carbocycles. The SMILES string of the molecule is Cc1cc(N)cnc1N1CCC2NC(c3c(F)cccc3F)CC2C1. The molecule has 0 amide bonds. The van der Waals surface area contributed by atoms with Crippen LogP contribution in [0.1, 0.15) is 30.0 Å². The lowest BCUT2D eigenvalue weighted by molar-refractivity contribution is 0.374. The van der Waals surface area contributed by atoms with E-state index in [0.29, 0.717) is 11.6 Å². The highest BCUT2D eigenvalue weighted by Crippen LogP contribution is 2.38. The Kier molecular flexibility index (Phi) is 4.07. The summed E-state index contributed by atoms with van der Waals surface area (Å²) in [4.78, 5) is 6.74. The zero-order chi connectivity index (χ0) is 17.6. The molecule has 132 valence electrons. The highest BCUT2D eigenvalue weighted by molar-refractivity contribution is 5.53. The Morgan fingerprint density at radius 1 is 1.28 bits per heavy atom. The van der Waals surface area contributed by atoms with Crippen molar-refractivity contribution in [1.29, 1.82) is 0 Å². The molecule has 4 rings (SSSR count). The standard InChI is InChI=1S/C19H22F2N4/c1-11-7-13(22)9-23-19(11)25-6-5-16-12(10-25)8-17(24-16)18-14(20)3-2-4-15(18)21/h2-4,7,9,12,16-17,24H,5-6,8,10,22H2,1H3. The number of hydrogen-bond donors (Lipinski definition) is 2. The lowest BCUT2D eigenvalue weighted by Crippen LogP contribution is -2.45. The number of hydrogen-bond acceptors (Lipinski definition) is 4. The van der Waals surface area contributed by atoms with E-state index in [1.807, 2.05) is 13.0 Å². The second-order valence-electron chi connectivity index (χ2n) is 7.10. The molecule has 2 fully saturated rings. The number of nitrogens with zero attached hydrogens (tertiary/aromatic N) is 2. The Hall–Kier alpha value is -2.21. The molecule has 0 spiro atoms. The summed E-state index contributed by atoms with van der Waals surface area (Å²) in [6, 6.07) is 6.02. The summed E-state index contributed by atoms with van der Waals surface area (Å²) in [5, 5.41) is 3.44. The number of nitrogens with one attached hydrogen (secondary N) is 1. The van der Waals surface area contributed by atoms with Gasteiger partial charge in [-0.05, 0) is 49.4 Å². The highest BCUT2D eigenvalue weighted by Gasteiger charge is 2.40. The zero-order valence-corrected chi connectivity index (χ0v) is 14.2. The third-order valence-corrected chi connectivity index (χ3v) is 5.41. The summed E-state index contributed by atoms with van der Waals surface area (Å²) < 4.78 is 28.2. The van der Waals surface area contributed by atoms with Crippen LogP contribution in [0, 0.1) is 24.5 Å². The van der Waals surface area contributed by atoms with Gasteiger partial charge in [-0.15, -0.1) is 0 Å². The van der Waals surface area contributed by atoms with Crippen LogP contribution in [0.15, 0.2) is 30.5 Å². The number of benzene rings is 1. The maximum absolute atomic E-state index is 14.1. The summed E-state index contributed by atoms with van der Waals surface area (Å²) in [7, 11) is 0. The van der Waals surface area contributed by atoms with Crippen LogP contribution in [0.5, 0.6) is 0 Å². The predicted octanol–water partition coefficient (Wildman–Crippen LogP) is 3.18. The van der Waals surface area contributed by atoms with Crippen molar-refractivity contribution < 1.29 is 8.78 Å². The summed E-state index contributed by atoms with van der Waals surface area (Å²) in [5.74, 6) is 0.359. The van der Waals surface area contributed by atoms with Gasteiger partial charge in [0.05, 0.1) is 11.9 Å². The topological polar surface area (TPSA) is 54.2 Å². The number of anilines is 2. The van der Waals surface area contributed by atoms with Gasteiger partial charge in [-0.3, -0.25) is 0 Å². The van der Waals surface area contributed by atoms with Crippen LogP contribution in [0.2, 0.25) is 0 Å². The molecular weight excluding hydrogens is 322 g/mol. The second kappa shape index (κ2) is 6.26. The number of halogens is 2. The van der Waals surface area contributed by atoms with Crippen LogP contribution < -0.4 is 16.0 Å². The average molecular weight is 344 g/mol. The van der Waals surface area contributed by atoms with E-state index in [1.54, 1.807) is 6.20 Å². The van der Waals surface area contributed by atoms with Crippen molar-refractivity contribution >= 4 is 11.5 Å². The lowest BCUT2D eigenvalue weighted by atomic mass is 9.91. The van der Waals surface area contributed by atoms with Crippen LogP contribution in [-0.4, -0.2) is 24.1 Å². The number of nitrogen functional groups attached to an aromatic ring is 1. The van der Waals surface area contributed by atoms with Gasteiger partial charge in [-0.2, -0.15) is 0 Å². The number of aryl methyl sites for hydroxylation is 1. The molecule has 2 aromatic rings. The third kappa shape index (κ3) is 2.95. The van der Waals surface area contributed by atoms with Gasteiger partial charge < -0.3 is 16.0 Å². The fraction of sp³-hybridized carbons (Fsp3) is 0.421. The average Bonchev–Trinajstić information content (AvgIpc) is 2.97. The molecule has 2 aliphatic rings. The quantitative estimate of drug-likeness (QED) is 0.879. The van der Waals surface area contributed by atoms with Gasteiger partial charge in [0.2, 0.25) is 0 Å². The first-order valence-electron chi connectivity index (χ1n) is 8.70. The van der Waals surface area contributed by atoms with E-state index in [-0.39, 0.29) is 17.6 Å². The van der Waals surface area contributed by atoms with Crippen LogP contribution in [0.3, 0.4) is 0 Å². The van der Waals surface area contributed by atoms with Crippen molar-refractivity contribution in [3.63, 3.8) is 0 Å². The van der Waals surface area contributed by atoms with Crippen molar-refractivity contribution in [2.45, 2.75) is 31.8 Å². The largest absolute Gasteiger partial charge is 0.397 e. The van der Waals surface area contributed by atoms with E-state index in [1.165, 1.54) is 18.2 Å². The zero-order valence-electron chi connectivity index (χ0n) is 14.2. The number of rotatable bonds is 2. The Labute approximate surface area is 146 Å². The molecule has 1 aromatic carbocycles. The normalized spacial score (nSPS) is 25.9. The van der Waals surface area contributed by atoms with Crippen molar-refractivity contribution in [3.8, 4) is 0 Å². The minimum absolute atomic E-state index is 0.172. The molecule has 1 aromatic heterocycles. The molecule has 2 aliphatic heterocycles. The van der Waals surface area contributed by atoms with E-state index in [0.717, 1.165) is 37.3 Å². The van der Waals surface area contributed by atoms with E-state index in [9.17, 15) is 8.78 Å². The van der Waals surface area contributed by atoms with Crippen LogP contribution in [-0.2, 0) is 0 Å². The van der Waals surface area contributed by atoms with Gasteiger partial charge in [0.25, 0.3) is 0 Å². The summed E-state index contributed by atoms with van der Waals surface area (Å²) in [6.45, 7) is 3.72. The number of fused-ring (bicyclic) bond motifs is 1. The number of pyridine rings is 1. The Balaban J connectivity index is 1.53. The molecule has 6 heteroatoms. The molecule has 25 heavy (non-hydrogen) atoms. The summed E-state index contributed by atoms with van der Waals surface area (Å²) in [6.07, 6.45) is 3.34. The minimum atomic E-state index is -0.468. The molecule has 2 saturated heterocycles. The Morgan fingerprint density at radius 2 is 2.04 bits per heavy atom. The first-order valence-corrected chi connectivity index (χ1v) is 8.70. The van der Waals surface area contributed by atoms with Gasteiger partial charge in [0.15, 0.2) is 0 Å². The van der Waals surface area contributed by atoms with Crippen LogP contribution in [0.25, 0.3) is 0 Å². The first-order chi connectivity index (χ1) is 12.0. The molecule has 3 N–H and O–H groups in total. The third-order valence-electron chi connectivity index (χ3n) is 5.41. The molecule has 0 bridgehead atoms. The smallest absolute Gasteiger partial charge is 0.131 e.